The van der Waals surface area contributed by atoms with Gasteiger partial charge in [0.05, 0.1) is 16.7 Å². The summed E-state index contributed by atoms with van der Waals surface area (Å²) in [5.74, 6) is -0.0999. The minimum absolute atomic E-state index is 0.0156. The number of aryl methyl sites for hydroxylation is 1. The number of ether oxygens (including phenoxy) is 1. The summed E-state index contributed by atoms with van der Waals surface area (Å²) in [5.41, 5.74) is 9.61. The number of carbonyl (C=O) groups is 2. The van der Waals surface area contributed by atoms with E-state index in [1.54, 1.807) is 6.08 Å². The van der Waals surface area contributed by atoms with Crippen molar-refractivity contribution in [2.24, 2.45) is 11.7 Å². The first-order valence-corrected chi connectivity index (χ1v) is 12.0. The SMILES string of the molecule is C=C/C=C\c1c(C)[nH]c(Br)c1CC1C(OC(C)=O)CCN1C(=O)C(N)C1CCCCC1. The van der Waals surface area contributed by atoms with E-state index in [9.17, 15) is 9.59 Å². The van der Waals surface area contributed by atoms with Crippen molar-refractivity contribution < 1.29 is 14.3 Å². The van der Waals surface area contributed by atoms with E-state index in [2.05, 4.69) is 27.5 Å². The van der Waals surface area contributed by atoms with Gasteiger partial charge in [0.1, 0.15) is 6.10 Å². The maximum atomic E-state index is 13.4. The van der Waals surface area contributed by atoms with Crippen LogP contribution in [-0.4, -0.2) is 46.5 Å². The zero-order chi connectivity index (χ0) is 22.5. The van der Waals surface area contributed by atoms with Crippen LogP contribution < -0.4 is 5.73 Å². The van der Waals surface area contributed by atoms with E-state index < -0.39 is 6.04 Å². The van der Waals surface area contributed by atoms with Crippen LogP contribution in [0, 0.1) is 12.8 Å². The number of hydrogen-bond acceptors (Lipinski definition) is 4. The molecule has 170 valence electrons. The van der Waals surface area contributed by atoms with Crippen LogP contribution in [0.25, 0.3) is 6.08 Å². The summed E-state index contributed by atoms with van der Waals surface area (Å²) < 4.78 is 6.52. The molecule has 2 fully saturated rings. The molecule has 2 heterocycles. The van der Waals surface area contributed by atoms with Gasteiger partial charge in [-0.15, -0.1) is 0 Å². The number of nitrogens with two attached hydrogens (primary N) is 1. The summed E-state index contributed by atoms with van der Waals surface area (Å²) in [5, 5.41) is 0. The van der Waals surface area contributed by atoms with Crippen molar-refractivity contribution in [3.05, 3.63) is 40.2 Å². The maximum Gasteiger partial charge on any atom is 0.302 e. The quantitative estimate of drug-likeness (QED) is 0.440. The molecule has 3 atom stereocenters. The Bertz CT molecular complexity index is 841. The molecule has 3 rings (SSSR count). The molecule has 1 aromatic heterocycles. The van der Waals surface area contributed by atoms with Crippen LogP contribution in [0.5, 0.6) is 0 Å². The lowest BCUT2D eigenvalue weighted by Gasteiger charge is -2.33. The van der Waals surface area contributed by atoms with Crippen molar-refractivity contribution in [3.8, 4) is 0 Å². The Labute approximate surface area is 193 Å². The van der Waals surface area contributed by atoms with Crippen molar-refractivity contribution in [3.63, 3.8) is 0 Å². The predicted molar refractivity (Wildman–Crippen MR) is 126 cm³/mol. The van der Waals surface area contributed by atoms with Gasteiger partial charge in [0.2, 0.25) is 5.91 Å². The summed E-state index contributed by atoms with van der Waals surface area (Å²) in [7, 11) is 0. The maximum absolute atomic E-state index is 13.4. The standard InChI is InChI=1S/C24H34BrN3O3/c1-4-5-11-18-15(2)27-23(25)19(18)14-20-21(31-16(3)29)12-13-28(20)24(30)22(26)17-9-7-6-8-10-17/h4-5,11,17,20-22,27H,1,6-10,12-14,26H2,2-3H3/b11-5-. The van der Waals surface area contributed by atoms with Gasteiger partial charge in [0, 0.05) is 25.6 Å². The predicted octanol–water partition coefficient (Wildman–Crippen LogP) is 4.27. The highest BCUT2D eigenvalue weighted by Crippen LogP contribution is 2.33. The molecule has 7 heteroatoms. The van der Waals surface area contributed by atoms with Gasteiger partial charge >= 0.3 is 5.97 Å². The number of halogens is 1. The highest BCUT2D eigenvalue weighted by Gasteiger charge is 2.42. The average Bonchev–Trinajstić information content (AvgIpc) is 3.25. The molecule has 0 bridgehead atoms. The fraction of sp³-hybridized carbons (Fsp3) is 0.583. The van der Waals surface area contributed by atoms with Gasteiger partial charge in [-0.1, -0.05) is 44.1 Å². The number of esters is 1. The summed E-state index contributed by atoms with van der Waals surface area (Å²) in [6.07, 6.45) is 12.0. The van der Waals surface area contributed by atoms with Crippen LogP contribution in [0.2, 0.25) is 0 Å². The van der Waals surface area contributed by atoms with Crippen molar-refractivity contribution in [1.29, 1.82) is 0 Å². The lowest BCUT2D eigenvalue weighted by atomic mass is 9.83. The third-order valence-electron chi connectivity index (χ3n) is 6.63. The largest absolute Gasteiger partial charge is 0.460 e. The second kappa shape index (κ2) is 10.6. The molecule has 0 spiro atoms. The Balaban J connectivity index is 1.87. The number of H-pyrrole nitrogens is 1. The summed E-state index contributed by atoms with van der Waals surface area (Å²) >= 11 is 3.64. The second-order valence-corrected chi connectivity index (χ2v) is 9.51. The summed E-state index contributed by atoms with van der Waals surface area (Å²) in [6, 6.07) is -0.733. The molecule has 1 saturated carbocycles. The molecule has 0 radical (unpaired) electrons. The van der Waals surface area contributed by atoms with E-state index in [0.29, 0.717) is 19.4 Å². The minimum atomic E-state index is -0.490. The molecular formula is C24H34BrN3O3. The topological polar surface area (TPSA) is 88.4 Å². The number of likely N-dealkylation sites (tertiary alicyclic amines) is 1. The van der Waals surface area contributed by atoms with Crippen molar-refractivity contribution >= 4 is 33.9 Å². The highest BCUT2D eigenvalue weighted by molar-refractivity contribution is 9.10. The van der Waals surface area contributed by atoms with Crippen LogP contribution in [0.3, 0.4) is 0 Å². The average molecular weight is 492 g/mol. The van der Waals surface area contributed by atoms with E-state index in [1.165, 1.54) is 13.3 Å². The fourth-order valence-electron chi connectivity index (χ4n) is 5.03. The van der Waals surface area contributed by atoms with Crippen molar-refractivity contribution in [2.75, 3.05) is 6.54 Å². The first-order chi connectivity index (χ1) is 14.8. The summed E-state index contributed by atoms with van der Waals surface area (Å²) in [4.78, 5) is 30.4. The van der Waals surface area contributed by atoms with E-state index in [-0.39, 0.29) is 29.9 Å². The van der Waals surface area contributed by atoms with Gasteiger partial charge in [-0.2, -0.15) is 0 Å². The van der Waals surface area contributed by atoms with Crippen LogP contribution >= 0.6 is 15.9 Å². The second-order valence-electron chi connectivity index (χ2n) is 8.71. The first-order valence-electron chi connectivity index (χ1n) is 11.2. The summed E-state index contributed by atoms with van der Waals surface area (Å²) in [6.45, 7) is 7.74. The third-order valence-corrected chi connectivity index (χ3v) is 7.31. The molecule has 1 amide bonds. The zero-order valence-electron chi connectivity index (χ0n) is 18.5. The number of carbonyl (C=O) groups excluding carboxylic acids is 2. The molecule has 1 aromatic rings. The van der Waals surface area contributed by atoms with Gasteiger partial charge < -0.3 is 20.4 Å². The molecule has 1 aliphatic heterocycles. The van der Waals surface area contributed by atoms with E-state index in [4.69, 9.17) is 10.5 Å². The Morgan fingerprint density at radius 2 is 2.03 bits per heavy atom. The zero-order valence-corrected chi connectivity index (χ0v) is 20.1. The van der Waals surface area contributed by atoms with Gasteiger partial charge in [-0.3, -0.25) is 9.59 Å². The monoisotopic (exact) mass is 491 g/mol. The Kier molecular flexibility index (Phi) is 8.17. The number of hydrogen-bond donors (Lipinski definition) is 2. The molecule has 31 heavy (non-hydrogen) atoms. The van der Waals surface area contributed by atoms with Gasteiger partial charge in [0.15, 0.2) is 0 Å². The fourth-order valence-corrected chi connectivity index (χ4v) is 5.70. The number of amides is 1. The lowest BCUT2D eigenvalue weighted by molar-refractivity contribution is -0.149. The van der Waals surface area contributed by atoms with Crippen LogP contribution in [0.1, 0.15) is 62.3 Å². The normalized spacial score (nSPS) is 23.3. The Hall–Kier alpha value is -1.86. The molecule has 3 N–H and O–H groups in total. The number of allylic oxidation sites excluding steroid dienone is 2. The van der Waals surface area contributed by atoms with Gasteiger partial charge in [0.25, 0.3) is 0 Å². The van der Waals surface area contributed by atoms with Gasteiger partial charge in [-0.05, 0) is 59.2 Å². The number of nitrogens with zero attached hydrogens (tertiary/aromatic N) is 1. The molecular weight excluding hydrogens is 458 g/mol. The lowest BCUT2D eigenvalue weighted by Crippen LogP contribution is -2.52. The number of nitrogens with one attached hydrogen (secondary N) is 1. The van der Waals surface area contributed by atoms with Crippen LogP contribution in [-0.2, 0) is 20.7 Å². The molecule has 3 unspecified atom stereocenters. The molecule has 2 aliphatic rings. The van der Waals surface area contributed by atoms with Gasteiger partial charge in [-0.25, -0.2) is 0 Å². The van der Waals surface area contributed by atoms with Crippen LogP contribution in [0.4, 0.5) is 0 Å². The number of aromatic nitrogens is 1. The first kappa shape index (κ1) is 23.8. The van der Waals surface area contributed by atoms with E-state index in [1.807, 2.05) is 24.0 Å². The minimum Gasteiger partial charge on any atom is -0.460 e. The van der Waals surface area contributed by atoms with Crippen molar-refractivity contribution in [1.82, 2.24) is 9.88 Å². The van der Waals surface area contributed by atoms with Crippen LogP contribution in [0.15, 0.2) is 23.3 Å². The number of aromatic amines is 1. The van der Waals surface area contributed by atoms with E-state index >= 15 is 0 Å². The van der Waals surface area contributed by atoms with E-state index in [0.717, 1.165) is 47.1 Å². The third kappa shape index (κ3) is 5.50. The molecule has 1 saturated heterocycles. The molecule has 1 aliphatic carbocycles. The Morgan fingerprint density at radius 3 is 2.68 bits per heavy atom. The highest BCUT2D eigenvalue weighted by atomic mass is 79.9. The van der Waals surface area contributed by atoms with Crippen molar-refractivity contribution in [2.45, 2.75) is 77.0 Å². The number of rotatable bonds is 7. The molecule has 6 nitrogen and oxygen atoms in total. The molecule has 0 aromatic carbocycles. The Morgan fingerprint density at radius 1 is 1.32 bits per heavy atom. The smallest absolute Gasteiger partial charge is 0.302 e.